The molecule has 0 bridgehead atoms. The zero-order chi connectivity index (χ0) is 17.7. The lowest BCUT2D eigenvalue weighted by molar-refractivity contribution is 0.0357. The highest BCUT2D eigenvalue weighted by Gasteiger charge is 2.30. The standard InChI is InChI=1S/C20H24N2O2/c1-5-15-11-9-10-14-17(15)19(24)22(20(2,3)4)21-18(23)16-12-7-6-8-13-16/h6-14H,5H2,1-4H3,(H,21,23). The van der Waals surface area contributed by atoms with Crippen LogP contribution in [0.3, 0.4) is 0 Å². The van der Waals surface area contributed by atoms with Crippen LogP contribution in [-0.2, 0) is 6.42 Å². The third kappa shape index (κ3) is 4.02. The van der Waals surface area contributed by atoms with Crippen molar-refractivity contribution < 1.29 is 9.59 Å². The number of nitrogens with one attached hydrogen (secondary N) is 1. The van der Waals surface area contributed by atoms with E-state index >= 15 is 0 Å². The van der Waals surface area contributed by atoms with E-state index in [4.69, 9.17) is 0 Å². The van der Waals surface area contributed by atoms with Crippen LogP contribution in [0.1, 0.15) is 54.0 Å². The Morgan fingerprint density at radius 3 is 2.12 bits per heavy atom. The minimum Gasteiger partial charge on any atom is -0.267 e. The third-order valence-corrected chi connectivity index (χ3v) is 3.75. The van der Waals surface area contributed by atoms with Gasteiger partial charge in [-0.3, -0.25) is 15.0 Å². The van der Waals surface area contributed by atoms with Crippen LogP contribution in [0, 0.1) is 0 Å². The number of benzene rings is 2. The minimum atomic E-state index is -0.553. The van der Waals surface area contributed by atoms with E-state index in [1.807, 2.05) is 52.0 Å². The van der Waals surface area contributed by atoms with E-state index in [-0.39, 0.29) is 11.8 Å². The molecule has 0 saturated carbocycles. The molecule has 0 aliphatic rings. The van der Waals surface area contributed by atoms with Crippen LogP contribution in [0.15, 0.2) is 54.6 Å². The van der Waals surface area contributed by atoms with Gasteiger partial charge in [-0.05, 0) is 51.0 Å². The van der Waals surface area contributed by atoms with Crippen LogP contribution in [0.25, 0.3) is 0 Å². The Balaban J connectivity index is 2.32. The summed E-state index contributed by atoms with van der Waals surface area (Å²) in [6.07, 6.45) is 0.756. The Hall–Kier alpha value is -2.62. The number of carbonyl (C=O) groups excluding carboxylic acids is 2. The number of amides is 2. The lowest BCUT2D eigenvalue weighted by Crippen LogP contribution is -2.56. The summed E-state index contributed by atoms with van der Waals surface area (Å²) in [6, 6.07) is 16.4. The van der Waals surface area contributed by atoms with Gasteiger partial charge in [-0.25, -0.2) is 5.01 Å². The van der Waals surface area contributed by atoms with Crippen molar-refractivity contribution in [3.8, 4) is 0 Å². The fourth-order valence-corrected chi connectivity index (χ4v) is 2.44. The van der Waals surface area contributed by atoms with E-state index in [2.05, 4.69) is 5.43 Å². The SMILES string of the molecule is CCc1ccccc1C(=O)N(NC(=O)c1ccccc1)C(C)(C)C. The lowest BCUT2D eigenvalue weighted by Gasteiger charge is -2.36. The van der Waals surface area contributed by atoms with Crippen molar-refractivity contribution in [2.45, 2.75) is 39.7 Å². The minimum absolute atomic E-state index is 0.204. The second-order valence-electron chi connectivity index (χ2n) is 6.63. The maximum absolute atomic E-state index is 13.0. The molecule has 2 rings (SSSR count). The van der Waals surface area contributed by atoms with Crippen LogP contribution < -0.4 is 5.43 Å². The summed E-state index contributed by atoms with van der Waals surface area (Å²) >= 11 is 0. The van der Waals surface area contributed by atoms with Gasteiger partial charge in [-0.1, -0.05) is 43.3 Å². The van der Waals surface area contributed by atoms with Crippen LogP contribution >= 0.6 is 0 Å². The first-order valence-electron chi connectivity index (χ1n) is 8.13. The van der Waals surface area contributed by atoms with Crippen molar-refractivity contribution in [1.29, 1.82) is 0 Å². The van der Waals surface area contributed by atoms with Gasteiger partial charge in [-0.2, -0.15) is 0 Å². The highest BCUT2D eigenvalue weighted by atomic mass is 16.2. The maximum Gasteiger partial charge on any atom is 0.273 e. The zero-order valence-corrected chi connectivity index (χ0v) is 14.7. The molecule has 0 aliphatic heterocycles. The summed E-state index contributed by atoms with van der Waals surface area (Å²) in [6.45, 7) is 7.69. The second-order valence-corrected chi connectivity index (χ2v) is 6.63. The van der Waals surface area contributed by atoms with E-state index in [9.17, 15) is 9.59 Å². The molecule has 0 radical (unpaired) electrons. The number of carbonyl (C=O) groups is 2. The van der Waals surface area contributed by atoms with E-state index < -0.39 is 5.54 Å². The number of nitrogens with zero attached hydrogens (tertiary/aromatic N) is 1. The lowest BCUT2D eigenvalue weighted by atomic mass is 10.0. The van der Waals surface area contributed by atoms with Gasteiger partial charge in [-0.15, -0.1) is 0 Å². The molecule has 1 N–H and O–H groups in total. The molecular weight excluding hydrogens is 300 g/mol. The van der Waals surface area contributed by atoms with Crippen LogP contribution in [0.2, 0.25) is 0 Å². The molecule has 0 saturated heterocycles. The monoisotopic (exact) mass is 324 g/mol. The van der Waals surface area contributed by atoms with Crippen molar-refractivity contribution in [1.82, 2.24) is 10.4 Å². The smallest absolute Gasteiger partial charge is 0.267 e. The van der Waals surface area contributed by atoms with Gasteiger partial charge >= 0.3 is 0 Å². The van der Waals surface area contributed by atoms with Gasteiger partial charge in [0, 0.05) is 11.1 Å². The van der Waals surface area contributed by atoms with Gasteiger partial charge < -0.3 is 0 Å². The Morgan fingerprint density at radius 2 is 1.54 bits per heavy atom. The maximum atomic E-state index is 13.0. The number of aryl methyl sites for hydroxylation is 1. The number of hydrazine groups is 1. The predicted octanol–water partition coefficient (Wildman–Crippen LogP) is 3.83. The normalized spacial score (nSPS) is 11.0. The molecule has 4 nitrogen and oxygen atoms in total. The summed E-state index contributed by atoms with van der Waals surface area (Å²) < 4.78 is 0. The first-order valence-corrected chi connectivity index (χ1v) is 8.13. The first-order chi connectivity index (χ1) is 11.3. The first kappa shape index (κ1) is 17.7. The third-order valence-electron chi connectivity index (χ3n) is 3.75. The molecule has 24 heavy (non-hydrogen) atoms. The Kier molecular flexibility index (Phi) is 5.39. The predicted molar refractivity (Wildman–Crippen MR) is 95.7 cm³/mol. The van der Waals surface area contributed by atoms with Crippen molar-refractivity contribution in [2.24, 2.45) is 0 Å². The van der Waals surface area contributed by atoms with Crippen LogP contribution in [0.5, 0.6) is 0 Å². The van der Waals surface area contributed by atoms with Gasteiger partial charge in [0.25, 0.3) is 11.8 Å². The second kappa shape index (κ2) is 7.30. The molecule has 2 amide bonds. The summed E-state index contributed by atoms with van der Waals surface area (Å²) in [5, 5.41) is 1.41. The molecule has 0 heterocycles. The van der Waals surface area contributed by atoms with Crippen molar-refractivity contribution in [3.05, 3.63) is 71.3 Å². The molecular formula is C20H24N2O2. The van der Waals surface area contributed by atoms with E-state index in [0.29, 0.717) is 11.1 Å². The summed E-state index contributed by atoms with van der Waals surface area (Å²) in [5.74, 6) is -0.503. The molecule has 0 atom stereocenters. The summed E-state index contributed by atoms with van der Waals surface area (Å²) in [7, 11) is 0. The van der Waals surface area contributed by atoms with Gasteiger partial charge in [0.1, 0.15) is 0 Å². The van der Waals surface area contributed by atoms with Gasteiger partial charge in [0.15, 0.2) is 0 Å². The topological polar surface area (TPSA) is 49.4 Å². The molecule has 0 fully saturated rings. The van der Waals surface area contributed by atoms with E-state index in [0.717, 1.165) is 12.0 Å². The largest absolute Gasteiger partial charge is 0.273 e. The van der Waals surface area contributed by atoms with E-state index in [1.165, 1.54) is 5.01 Å². The average molecular weight is 324 g/mol. The molecule has 0 unspecified atom stereocenters. The van der Waals surface area contributed by atoms with Crippen molar-refractivity contribution in [2.75, 3.05) is 0 Å². The van der Waals surface area contributed by atoms with Gasteiger partial charge in [0.2, 0.25) is 0 Å². The Morgan fingerprint density at radius 1 is 0.958 bits per heavy atom. The van der Waals surface area contributed by atoms with Crippen LogP contribution in [0.4, 0.5) is 0 Å². The molecule has 0 aromatic heterocycles. The van der Waals surface area contributed by atoms with Gasteiger partial charge in [0.05, 0.1) is 5.54 Å². The van der Waals surface area contributed by atoms with E-state index in [1.54, 1.807) is 30.3 Å². The molecule has 2 aromatic rings. The quantitative estimate of drug-likeness (QED) is 0.872. The number of rotatable bonds is 3. The fraction of sp³-hybridized carbons (Fsp3) is 0.300. The molecule has 0 aliphatic carbocycles. The Labute approximate surface area is 143 Å². The molecule has 2 aromatic carbocycles. The van der Waals surface area contributed by atoms with Crippen molar-refractivity contribution >= 4 is 11.8 Å². The molecule has 126 valence electrons. The summed E-state index contributed by atoms with van der Waals surface area (Å²) in [4.78, 5) is 25.5. The summed E-state index contributed by atoms with van der Waals surface area (Å²) in [5.41, 5.74) is 4.31. The highest BCUT2D eigenvalue weighted by Crippen LogP contribution is 2.18. The molecule has 0 spiro atoms. The van der Waals surface area contributed by atoms with Crippen LogP contribution in [-0.4, -0.2) is 22.4 Å². The average Bonchev–Trinajstić information content (AvgIpc) is 2.58. The molecule has 4 heteroatoms. The Bertz CT molecular complexity index is 718. The fourth-order valence-electron chi connectivity index (χ4n) is 2.44. The highest BCUT2D eigenvalue weighted by molar-refractivity contribution is 6.00. The number of hydrogen-bond donors (Lipinski definition) is 1. The zero-order valence-electron chi connectivity index (χ0n) is 14.7. The van der Waals surface area contributed by atoms with Crippen molar-refractivity contribution in [3.63, 3.8) is 0 Å². The number of hydrogen-bond acceptors (Lipinski definition) is 2.